The molecular formula is C19H17N3O3. The van der Waals surface area contributed by atoms with Crippen molar-refractivity contribution in [3.8, 4) is 11.4 Å². The van der Waals surface area contributed by atoms with Crippen LogP contribution in [0.2, 0.25) is 0 Å². The smallest absolute Gasteiger partial charge is 0.312 e. The zero-order valence-electron chi connectivity index (χ0n) is 14.0. The summed E-state index contributed by atoms with van der Waals surface area (Å²) < 4.78 is 8.66. The summed E-state index contributed by atoms with van der Waals surface area (Å²) in [5.74, 6) is -0.249. The van der Waals surface area contributed by atoms with Gasteiger partial charge in [-0.2, -0.15) is 5.10 Å². The molecule has 6 nitrogen and oxygen atoms in total. The fraction of sp³-hybridized carbons (Fsp3) is 0.211. The number of hydrogen-bond donors (Lipinski definition) is 0. The van der Waals surface area contributed by atoms with Crippen molar-refractivity contribution in [1.29, 1.82) is 0 Å². The molecule has 3 aromatic rings. The molecule has 0 radical (unpaired) electrons. The lowest BCUT2D eigenvalue weighted by molar-refractivity contribution is -0.135. The van der Waals surface area contributed by atoms with E-state index in [1.165, 1.54) is 0 Å². The number of ether oxygens (including phenoxy) is 1. The third kappa shape index (κ3) is 2.55. The molecule has 0 fully saturated rings. The van der Waals surface area contributed by atoms with E-state index in [0.29, 0.717) is 11.3 Å². The number of esters is 1. The molecule has 1 atom stereocenters. The van der Waals surface area contributed by atoms with Crippen LogP contribution in [0, 0.1) is 6.92 Å². The standard InChI is InChI=1S/C19H17N3O3/c1-12-10-16-18(19(24)21(12)2)15(11-17(23)25-16)13-4-6-14(7-5-13)22-9-3-8-20-22/h3-10,15H,11H2,1-2H3/t15-/m1/s1. The van der Waals surface area contributed by atoms with Crippen molar-refractivity contribution in [3.63, 3.8) is 0 Å². The predicted octanol–water partition coefficient (Wildman–Crippen LogP) is 2.32. The highest BCUT2D eigenvalue weighted by atomic mass is 16.5. The number of hydrogen-bond acceptors (Lipinski definition) is 4. The van der Waals surface area contributed by atoms with Gasteiger partial charge < -0.3 is 9.30 Å². The Hall–Kier alpha value is -3.15. The first-order valence-corrected chi connectivity index (χ1v) is 8.06. The maximum Gasteiger partial charge on any atom is 0.312 e. The molecule has 2 aromatic heterocycles. The maximum atomic E-state index is 12.7. The van der Waals surface area contributed by atoms with E-state index in [2.05, 4.69) is 5.10 Å². The summed E-state index contributed by atoms with van der Waals surface area (Å²) in [6.45, 7) is 1.82. The number of fused-ring (bicyclic) bond motifs is 1. The molecule has 6 heteroatoms. The van der Waals surface area contributed by atoms with Crippen LogP contribution in [-0.4, -0.2) is 20.3 Å². The molecule has 1 aliphatic rings. The van der Waals surface area contributed by atoms with Crippen molar-refractivity contribution < 1.29 is 9.53 Å². The SMILES string of the molecule is Cc1cc2c(c(=O)n1C)[C@@H](c1ccc(-n3cccn3)cc1)CC(=O)O2. The van der Waals surface area contributed by atoms with Gasteiger partial charge in [0.05, 0.1) is 17.7 Å². The number of rotatable bonds is 2. The highest BCUT2D eigenvalue weighted by Gasteiger charge is 2.32. The van der Waals surface area contributed by atoms with Crippen LogP contribution in [0.1, 0.15) is 29.2 Å². The third-order valence-corrected chi connectivity index (χ3v) is 4.68. The molecule has 0 N–H and O–H groups in total. The Bertz CT molecular complexity index is 1000. The Balaban J connectivity index is 1.80. The Labute approximate surface area is 144 Å². The third-order valence-electron chi connectivity index (χ3n) is 4.68. The van der Waals surface area contributed by atoms with Gasteiger partial charge in [0, 0.05) is 37.1 Å². The average molecular weight is 335 g/mol. The minimum atomic E-state index is -0.318. The molecule has 0 unspecified atom stereocenters. The first kappa shape index (κ1) is 15.4. The fourth-order valence-corrected chi connectivity index (χ4v) is 3.21. The largest absolute Gasteiger partial charge is 0.426 e. The van der Waals surface area contributed by atoms with Crippen molar-refractivity contribution in [1.82, 2.24) is 14.3 Å². The lowest BCUT2D eigenvalue weighted by Crippen LogP contribution is -2.31. The highest BCUT2D eigenvalue weighted by Crippen LogP contribution is 2.37. The van der Waals surface area contributed by atoms with Gasteiger partial charge in [-0.3, -0.25) is 9.59 Å². The van der Waals surface area contributed by atoms with Crippen LogP contribution in [0.15, 0.2) is 53.6 Å². The van der Waals surface area contributed by atoms with Gasteiger partial charge in [-0.25, -0.2) is 4.68 Å². The van der Waals surface area contributed by atoms with Crippen LogP contribution in [0.5, 0.6) is 5.75 Å². The molecule has 3 heterocycles. The van der Waals surface area contributed by atoms with Crippen LogP contribution in [-0.2, 0) is 11.8 Å². The van der Waals surface area contributed by atoms with E-state index in [1.54, 1.807) is 28.6 Å². The van der Waals surface area contributed by atoms with Crippen molar-refractivity contribution >= 4 is 5.97 Å². The summed E-state index contributed by atoms with van der Waals surface area (Å²) in [5.41, 5.74) is 3.01. The van der Waals surface area contributed by atoms with Gasteiger partial charge >= 0.3 is 5.97 Å². The van der Waals surface area contributed by atoms with Gasteiger partial charge in [0.1, 0.15) is 5.75 Å². The van der Waals surface area contributed by atoms with Crippen LogP contribution < -0.4 is 10.3 Å². The highest BCUT2D eigenvalue weighted by molar-refractivity contribution is 5.77. The summed E-state index contributed by atoms with van der Waals surface area (Å²) in [5, 5.41) is 4.20. The Kier molecular flexibility index (Phi) is 3.53. The first-order valence-electron chi connectivity index (χ1n) is 8.06. The number of nitrogens with zero attached hydrogens (tertiary/aromatic N) is 3. The molecule has 0 spiro atoms. The summed E-state index contributed by atoms with van der Waals surface area (Å²) in [6, 6.07) is 11.3. The van der Waals surface area contributed by atoms with Crippen LogP contribution >= 0.6 is 0 Å². The summed E-state index contributed by atoms with van der Waals surface area (Å²) in [6.07, 6.45) is 3.74. The Morgan fingerprint density at radius 2 is 1.96 bits per heavy atom. The number of carbonyl (C=O) groups is 1. The lowest BCUT2D eigenvalue weighted by Gasteiger charge is -2.25. The molecule has 0 bridgehead atoms. The van der Waals surface area contributed by atoms with Gasteiger partial charge in [-0.05, 0) is 30.7 Å². The van der Waals surface area contributed by atoms with Crippen molar-refractivity contribution in [2.75, 3.05) is 0 Å². The molecule has 0 saturated carbocycles. The topological polar surface area (TPSA) is 66.1 Å². The van der Waals surface area contributed by atoms with E-state index in [0.717, 1.165) is 16.9 Å². The average Bonchev–Trinajstić information content (AvgIpc) is 3.14. The Morgan fingerprint density at radius 1 is 1.20 bits per heavy atom. The molecule has 0 aliphatic carbocycles. The van der Waals surface area contributed by atoms with Gasteiger partial charge in [0.2, 0.25) is 0 Å². The van der Waals surface area contributed by atoms with E-state index < -0.39 is 0 Å². The van der Waals surface area contributed by atoms with Gasteiger partial charge in [0.15, 0.2) is 0 Å². The van der Waals surface area contributed by atoms with E-state index in [-0.39, 0.29) is 23.9 Å². The molecule has 4 rings (SSSR count). The molecule has 0 saturated heterocycles. The lowest BCUT2D eigenvalue weighted by atomic mass is 9.87. The number of carbonyl (C=O) groups excluding carboxylic acids is 1. The van der Waals surface area contributed by atoms with E-state index in [9.17, 15) is 9.59 Å². The summed E-state index contributed by atoms with van der Waals surface area (Å²) in [7, 11) is 1.73. The summed E-state index contributed by atoms with van der Waals surface area (Å²) >= 11 is 0. The molecule has 126 valence electrons. The molecule has 25 heavy (non-hydrogen) atoms. The minimum absolute atomic E-state index is 0.122. The monoisotopic (exact) mass is 335 g/mol. The van der Waals surface area contributed by atoms with E-state index in [1.807, 2.05) is 43.5 Å². The first-order chi connectivity index (χ1) is 12.0. The predicted molar refractivity (Wildman–Crippen MR) is 92.1 cm³/mol. The van der Waals surface area contributed by atoms with E-state index in [4.69, 9.17) is 4.74 Å². The van der Waals surface area contributed by atoms with Crippen molar-refractivity contribution in [3.05, 3.63) is 76.0 Å². The number of aromatic nitrogens is 3. The van der Waals surface area contributed by atoms with Gasteiger partial charge in [-0.1, -0.05) is 12.1 Å². The number of pyridine rings is 1. The quantitative estimate of drug-likeness (QED) is 0.674. The summed E-state index contributed by atoms with van der Waals surface area (Å²) in [4.78, 5) is 24.8. The Morgan fingerprint density at radius 3 is 2.64 bits per heavy atom. The second-order valence-electron chi connectivity index (χ2n) is 6.20. The zero-order valence-corrected chi connectivity index (χ0v) is 14.0. The van der Waals surface area contributed by atoms with Crippen LogP contribution in [0.3, 0.4) is 0 Å². The molecule has 1 aliphatic heterocycles. The zero-order chi connectivity index (χ0) is 17.6. The van der Waals surface area contributed by atoms with Crippen LogP contribution in [0.4, 0.5) is 0 Å². The van der Waals surface area contributed by atoms with Gasteiger partial charge in [-0.15, -0.1) is 0 Å². The maximum absolute atomic E-state index is 12.7. The molecule has 1 aromatic carbocycles. The number of aryl methyl sites for hydroxylation is 1. The second-order valence-corrected chi connectivity index (χ2v) is 6.20. The van der Waals surface area contributed by atoms with E-state index >= 15 is 0 Å². The minimum Gasteiger partial charge on any atom is -0.426 e. The normalized spacial score (nSPS) is 16.4. The van der Waals surface area contributed by atoms with Gasteiger partial charge in [0.25, 0.3) is 5.56 Å². The molecule has 0 amide bonds. The van der Waals surface area contributed by atoms with Crippen molar-refractivity contribution in [2.45, 2.75) is 19.3 Å². The second kappa shape index (κ2) is 5.73. The molecular weight excluding hydrogens is 318 g/mol. The number of benzene rings is 1. The van der Waals surface area contributed by atoms with Crippen LogP contribution in [0.25, 0.3) is 5.69 Å². The fourth-order valence-electron chi connectivity index (χ4n) is 3.21. The van der Waals surface area contributed by atoms with Crippen molar-refractivity contribution in [2.24, 2.45) is 7.05 Å².